The number of aryl methyl sites for hydroxylation is 1. The second-order valence-electron chi connectivity index (χ2n) is 8.73. The van der Waals surface area contributed by atoms with Gasteiger partial charge in [-0.3, -0.25) is 14.5 Å². The Morgan fingerprint density at radius 1 is 1.15 bits per heavy atom. The van der Waals surface area contributed by atoms with E-state index in [-0.39, 0.29) is 26.8 Å². The Morgan fingerprint density at radius 2 is 1.91 bits per heavy atom. The lowest BCUT2D eigenvalue weighted by Crippen LogP contribution is -2.55. The van der Waals surface area contributed by atoms with E-state index in [1.54, 1.807) is 18.2 Å². The van der Waals surface area contributed by atoms with Crippen molar-refractivity contribution in [1.82, 2.24) is 15.1 Å². The van der Waals surface area contributed by atoms with Crippen molar-refractivity contribution in [3.8, 4) is 0 Å². The number of nitrogens with one attached hydrogen (secondary N) is 2. The maximum Gasteiger partial charge on any atom is 0.252 e. The number of anilines is 1. The SMILES string of the molecule is C=Cc1cccc([C@@H](C)NC(=O)c2cc(NC(=O)C3CN(C)CCN3C)ccc2C)c1C=C.[HH].[HH]. The minimum atomic E-state index is -0.227. The molecule has 2 aromatic carbocycles. The molecule has 0 radical (unpaired) electrons. The van der Waals surface area contributed by atoms with Gasteiger partial charge in [-0.05, 0) is 62.3 Å². The first kappa shape index (κ1) is 24.4. The summed E-state index contributed by atoms with van der Waals surface area (Å²) in [7, 11) is 3.98. The molecule has 1 unspecified atom stereocenters. The third-order valence-corrected chi connectivity index (χ3v) is 6.32. The van der Waals surface area contributed by atoms with Gasteiger partial charge in [0, 0.05) is 33.7 Å². The van der Waals surface area contributed by atoms with Crippen LogP contribution < -0.4 is 10.6 Å². The van der Waals surface area contributed by atoms with E-state index in [1.165, 1.54) is 0 Å². The average molecular weight is 451 g/mol. The highest BCUT2D eigenvalue weighted by Crippen LogP contribution is 2.25. The van der Waals surface area contributed by atoms with Crippen LogP contribution in [0.2, 0.25) is 0 Å². The molecule has 0 bridgehead atoms. The number of nitrogens with zero attached hydrogens (tertiary/aromatic N) is 2. The van der Waals surface area contributed by atoms with E-state index >= 15 is 0 Å². The molecule has 6 nitrogen and oxygen atoms in total. The van der Waals surface area contributed by atoms with E-state index in [4.69, 9.17) is 0 Å². The highest BCUT2D eigenvalue weighted by atomic mass is 16.2. The van der Waals surface area contributed by atoms with Crippen molar-refractivity contribution in [2.45, 2.75) is 25.9 Å². The molecule has 0 aromatic heterocycles. The van der Waals surface area contributed by atoms with Gasteiger partial charge in [0.2, 0.25) is 5.91 Å². The largest absolute Gasteiger partial charge is 0.345 e. The second kappa shape index (κ2) is 10.6. The Morgan fingerprint density at radius 3 is 2.61 bits per heavy atom. The number of hydrogen-bond acceptors (Lipinski definition) is 4. The molecule has 2 N–H and O–H groups in total. The molecule has 0 aliphatic carbocycles. The van der Waals surface area contributed by atoms with Crippen molar-refractivity contribution in [3.05, 3.63) is 77.4 Å². The van der Waals surface area contributed by atoms with E-state index in [0.29, 0.717) is 17.8 Å². The summed E-state index contributed by atoms with van der Waals surface area (Å²) in [5.41, 5.74) is 4.90. The van der Waals surface area contributed by atoms with E-state index in [0.717, 1.165) is 35.3 Å². The fraction of sp³-hybridized carbons (Fsp3) is 0.333. The predicted octanol–water partition coefficient (Wildman–Crippen LogP) is 4.45. The van der Waals surface area contributed by atoms with Crippen LogP contribution in [0.15, 0.2) is 49.6 Å². The van der Waals surface area contributed by atoms with E-state index < -0.39 is 0 Å². The third-order valence-electron chi connectivity index (χ3n) is 6.32. The van der Waals surface area contributed by atoms with E-state index in [1.807, 2.05) is 58.3 Å². The molecule has 1 heterocycles. The molecule has 1 aliphatic rings. The number of benzene rings is 2. The summed E-state index contributed by atoms with van der Waals surface area (Å²) in [6.07, 6.45) is 3.57. The molecule has 2 aromatic rings. The topological polar surface area (TPSA) is 64.7 Å². The van der Waals surface area contributed by atoms with Crippen molar-refractivity contribution in [3.63, 3.8) is 0 Å². The van der Waals surface area contributed by atoms with Crippen LogP contribution in [-0.2, 0) is 4.79 Å². The molecule has 1 saturated heterocycles. The van der Waals surface area contributed by atoms with Gasteiger partial charge in [-0.1, -0.05) is 49.6 Å². The Balaban J connectivity index is 0.00000306. The highest BCUT2D eigenvalue weighted by Gasteiger charge is 2.28. The molecule has 0 spiro atoms. The highest BCUT2D eigenvalue weighted by molar-refractivity contribution is 5.99. The van der Waals surface area contributed by atoms with Gasteiger partial charge in [0.25, 0.3) is 5.91 Å². The zero-order valence-corrected chi connectivity index (χ0v) is 20.0. The summed E-state index contributed by atoms with van der Waals surface area (Å²) >= 11 is 0. The lowest BCUT2D eigenvalue weighted by molar-refractivity contribution is -0.122. The summed E-state index contributed by atoms with van der Waals surface area (Å²) in [6, 6.07) is 10.9. The summed E-state index contributed by atoms with van der Waals surface area (Å²) in [5, 5.41) is 6.08. The van der Waals surface area contributed by atoms with Crippen LogP contribution in [0.25, 0.3) is 12.2 Å². The van der Waals surface area contributed by atoms with Crippen molar-refractivity contribution in [2.24, 2.45) is 0 Å². The van der Waals surface area contributed by atoms with Gasteiger partial charge in [-0.25, -0.2) is 0 Å². The van der Waals surface area contributed by atoms with Crippen molar-refractivity contribution in [1.29, 1.82) is 0 Å². The van der Waals surface area contributed by atoms with Crippen LogP contribution in [0.4, 0.5) is 5.69 Å². The van der Waals surface area contributed by atoms with Gasteiger partial charge in [0.05, 0.1) is 6.04 Å². The quantitative estimate of drug-likeness (QED) is 0.654. The molecule has 2 atom stereocenters. The van der Waals surface area contributed by atoms with Crippen LogP contribution in [0.3, 0.4) is 0 Å². The molecular formula is C27H38N4O2. The smallest absolute Gasteiger partial charge is 0.252 e. The maximum atomic E-state index is 13.2. The number of carbonyl (C=O) groups excluding carboxylic acids is 2. The first-order chi connectivity index (χ1) is 15.7. The van der Waals surface area contributed by atoms with Crippen LogP contribution in [0, 0.1) is 6.92 Å². The van der Waals surface area contributed by atoms with E-state index in [9.17, 15) is 9.59 Å². The van der Waals surface area contributed by atoms with Gasteiger partial charge >= 0.3 is 0 Å². The van der Waals surface area contributed by atoms with Crippen molar-refractivity contribution in [2.75, 3.05) is 39.0 Å². The summed E-state index contributed by atoms with van der Waals surface area (Å²) < 4.78 is 0. The normalized spacial score (nSPS) is 17.8. The predicted molar refractivity (Wildman–Crippen MR) is 140 cm³/mol. The average Bonchev–Trinajstić information content (AvgIpc) is 2.80. The second-order valence-corrected chi connectivity index (χ2v) is 8.73. The number of carbonyl (C=O) groups is 2. The summed E-state index contributed by atoms with van der Waals surface area (Å²) in [4.78, 5) is 30.3. The fourth-order valence-electron chi connectivity index (χ4n) is 4.21. The van der Waals surface area contributed by atoms with E-state index in [2.05, 4.69) is 33.6 Å². The standard InChI is InChI=1S/C27H34N4O2.2H2/c1-7-20-10-9-11-23(22(20)8-2)19(4)28-26(32)24-16-21(13-12-18(24)3)29-27(33)25-17-30(5)14-15-31(25)6;;/h7-13,16,19,25H,1-2,14-15,17H2,3-6H3,(H,28,32)(H,29,33);2*1H/t19-,25?;;/m1../s1. The molecular weight excluding hydrogens is 412 g/mol. The molecule has 1 aliphatic heterocycles. The first-order valence-corrected chi connectivity index (χ1v) is 11.2. The number of likely N-dealkylation sites (N-methyl/N-ethyl adjacent to an activating group) is 2. The number of hydrogen-bond donors (Lipinski definition) is 2. The van der Waals surface area contributed by atoms with Crippen molar-refractivity contribution < 1.29 is 12.4 Å². The molecule has 3 rings (SSSR count). The molecule has 178 valence electrons. The van der Waals surface area contributed by atoms with Crippen LogP contribution in [0.5, 0.6) is 0 Å². The van der Waals surface area contributed by atoms with Crippen LogP contribution >= 0.6 is 0 Å². The van der Waals surface area contributed by atoms with Gasteiger partial charge in [0.15, 0.2) is 0 Å². The Hall–Kier alpha value is -3.22. The van der Waals surface area contributed by atoms with Gasteiger partial charge < -0.3 is 15.5 Å². The lowest BCUT2D eigenvalue weighted by atomic mass is 9.96. The maximum absolute atomic E-state index is 13.2. The third kappa shape index (κ3) is 5.59. The number of piperazine rings is 1. The Bertz CT molecular complexity index is 1070. The fourth-order valence-corrected chi connectivity index (χ4v) is 4.21. The van der Waals surface area contributed by atoms with Crippen molar-refractivity contribution >= 4 is 29.7 Å². The van der Waals surface area contributed by atoms with Gasteiger partial charge in [-0.2, -0.15) is 0 Å². The molecule has 33 heavy (non-hydrogen) atoms. The summed E-state index contributed by atoms with van der Waals surface area (Å²) in [6.45, 7) is 14.1. The monoisotopic (exact) mass is 450 g/mol. The zero-order chi connectivity index (χ0) is 24.1. The Kier molecular flexibility index (Phi) is 7.84. The first-order valence-electron chi connectivity index (χ1n) is 11.2. The van der Waals surface area contributed by atoms with Crippen LogP contribution in [-0.4, -0.2) is 61.4 Å². The summed E-state index contributed by atoms with van der Waals surface area (Å²) in [5.74, 6) is -0.255. The Labute approximate surface area is 199 Å². The molecule has 1 fully saturated rings. The molecule has 0 saturated carbocycles. The number of amides is 2. The molecule has 2 amide bonds. The lowest BCUT2D eigenvalue weighted by Gasteiger charge is -2.36. The minimum Gasteiger partial charge on any atom is -0.345 e. The zero-order valence-electron chi connectivity index (χ0n) is 20.0. The van der Waals surface area contributed by atoms with Gasteiger partial charge in [0.1, 0.15) is 6.04 Å². The van der Waals surface area contributed by atoms with Gasteiger partial charge in [-0.15, -0.1) is 0 Å². The van der Waals surface area contributed by atoms with Crippen LogP contribution in [0.1, 0.15) is 48.4 Å². The number of rotatable bonds is 7. The minimum absolute atomic E-state index is 0. The molecule has 6 heteroatoms.